The molecule has 0 aliphatic carbocycles. The number of benzene rings is 2. The van der Waals surface area contributed by atoms with E-state index in [1.165, 1.54) is 0 Å². The number of ether oxygens (including phenoxy) is 1. The smallest absolute Gasteiger partial charge is 0.146 e. The molecular formula is C16H18N2O. The summed E-state index contributed by atoms with van der Waals surface area (Å²) in [7, 11) is 0. The Balaban J connectivity index is 2.09. The van der Waals surface area contributed by atoms with Gasteiger partial charge in [0.15, 0.2) is 0 Å². The lowest BCUT2D eigenvalue weighted by molar-refractivity contribution is 0.310. The average molecular weight is 254 g/mol. The van der Waals surface area contributed by atoms with Gasteiger partial charge in [0.1, 0.15) is 11.4 Å². The molecule has 98 valence electrons. The van der Waals surface area contributed by atoms with Crippen LogP contribution in [-0.4, -0.2) is 6.61 Å². The van der Waals surface area contributed by atoms with E-state index >= 15 is 0 Å². The van der Waals surface area contributed by atoms with Gasteiger partial charge in [-0.05, 0) is 30.7 Å². The van der Waals surface area contributed by atoms with Crippen LogP contribution in [0.4, 0.5) is 11.4 Å². The van der Waals surface area contributed by atoms with E-state index in [9.17, 15) is 0 Å². The number of unbranched alkanes of at least 4 members (excludes halogenated alkanes) is 1. The lowest BCUT2D eigenvalue weighted by Crippen LogP contribution is -1.96. The van der Waals surface area contributed by atoms with Crippen LogP contribution in [0.1, 0.15) is 19.8 Å². The lowest BCUT2D eigenvalue weighted by atomic mass is 10.3. The molecule has 2 aromatic rings. The van der Waals surface area contributed by atoms with Crippen LogP contribution in [0.5, 0.6) is 5.75 Å². The van der Waals surface area contributed by atoms with Crippen molar-refractivity contribution in [1.29, 1.82) is 0 Å². The Morgan fingerprint density at radius 2 is 1.63 bits per heavy atom. The maximum Gasteiger partial charge on any atom is 0.146 e. The van der Waals surface area contributed by atoms with Crippen LogP contribution in [0.2, 0.25) is 0 Å². The molecule has 0 saturated carbocycles. The zero-order valence-electron chi connectivity index (χ0n) is 11.1. The van der Waals surface area contributed by atoms with Gasteiger partial charge in [-0.1, -0.05) is 43.7 Å². The van der Waals surface area contributed by atoms with Crippen LogP contribution < -0.4 is 4.74 Å². The van der Waals surface area contributed by atoms with Crippen molar-refractivity contribution in [2.24, 2.45) is 10.2 Å². The van der Waals surface area contributed by atoms with Crippen molar-refractivity contribution in [3.63, 3.8) is 0 Å². The number of para-hydroxylation sites is 1. The molecule has 0 atom stereocenters. The van der Waals surface area contributed by atoms with Gasteiger partial charge < -0.3 is 4.74 Å². The fourth-order valence-electron chi connectivity index (χ4n) is 1.59. The number of azo groups is 1. The van der Waals surface area contributed by atoms with E-state index in [1.54, 1.807) is 0 Å². The van der Waals surface area contributed by atoms with Crippen molar-refractivity contribution in [2.45, 2.75) is 19.8 Å². The van der Waals surface area contributed by atoms with Crippen LogP contribution in [0, 0.1) is 0 Å². The molecule has 2 rings (SSSR count). The van der Waals surface area contributed by atoms with E-state index in [1.807, 2.05) is 54.6 Å². The Morgan fingerprint density at radius 3 is 2.42 bits per heavy atom. The number of hydrogen-bond donors (Lipinski definition) is 0. The van der Waals surface area contributed by atoms with Crippen molar-refractivity contribution >= 4 is 11.4 Å². The first kappa shape index (κ1) is 13.3. The van der Waals surface area contributed by atoms with Crippen LogP contribution in [0.25, 0.3) is 0 Å². The molecule has 2 aromatic carbocycles. The van der Waals surface area contributed by atoms with Gasteiger partial charge in [-0.2, -0.15) is 5.11 Å². The molecule has 0 bridgehead atoms. The average Bonchev–Trinajstić information content (AvgIpc) is 2.48. The second-order valence-corrected chi connectivity index (χ2v) is 4.21. The van der Waals surface area contributed by atoms with Gasteiger partial charge in [-0.15, -0.1) is 5.11 Å². The Bertz CT molecular complexity index is 523. The maximum absolute atomic E-state index is 5.71. The highest BCUT2D eigenvalue weighted by Gasteiger charge is 2.01. The van der Waals surface area contributed by atoms with Crippen molar-refractivity contribution in [3.05, 3.63) is 54.6 Å². The monoisotopic (exact) mass is 254 g/mol. The van der Waals surface area contributed by atoms with E-state index in [2.05, 4.69) is 17.2 Å². The predicted octanol–water partition coefficient (Wildman–Crippen LogP) is 5.28. The summed E-state index contributed by atoms with van der Waals surface area (Å²) in [5.41, 5.74) is 1.60. The minimum Gasteiger partial charge on any atom is -0.491 e. The zero-order chi connectivity index (χ0) is 13.3. The molecule has 0 aliphatic heterocycles. The fraction of sp³-hybridized carbons (Fsp3) is 0.250. The predicted molar refractivity (Wildman–Crippen MR) is 77.5 cm³/mol. The van der Waals surface area contributed by atoms with Crippen LogP contribution in [0.3, 0.4) is 0 Å². The molecule has 0 heterocycles. The summed E-state index contributed by atoms with van der Waals surface area (Å²) in [6.07, 6.45) is 2.16. The van der Waals surface area contributed by atoms with Gasteiger partial charge in [0.05, 0.1) is 12.3 Å². The largest absolute Gasteiger partial charge is 0.491 e. The van der Waals surface area contributed by atoms with Crippen LogP contribution in [-0.2, 0) is 0 Å². The third-order valence-electron chi connectivity index (χ3n) is 2.65. The number of nitrogens with zero attached hydrogens (tertiary/aromatic N) is 2. The molecule has 19 heavy (non-hydrogen) atoms. The quantitative estimate of drug-likeness (QED) is 0.510. The molecule has 0 spiro atoms. The number of rotatable bonds is 6. The molecule has 0 N–H and O–H groups in total. The van der Waals surface area contributed by atoms with Crippen molar-refractivity contribution in [3.8, 4) is 5.75 Å². The summed E-state index contributed by atoms with van der Waals surface area (Å²) in [5, 5.41) is 8.47. The Morgan fingerprint density at radius 1 is 0.895 bits per heavy atom. The lowest BCUT2D eigenvalue weighted by Gasteiger charge is -2.06. The van der Waals surface area contributed by atoms with E-state index < -0.39 is 0 Å². The standard InChI is InChI=1S/C16H18N2O/c1-2-3-13-19-16-12-8-7-11-15(16)18-17-14-9-5-4-6-10-14/h4-12H,2-3,13H2,1H3. The molecule has 0 fully saturated rings. The molecular weight excluding hydrogens is 236 g/mol. The first-order valence-corrected chi connectivity index (χ1v) is 6.59. The van der Waals surface area contributed by atoms with Crippen molar-refractivity contribution in [2.75, 3.05) is 6.61 Å². The molecule has 3 heteroatoms. The Labute approximate surface area is 114 Å². The highest BCUT2D eigenvalue weighted by molar-refractivity contribution is 5.51. The summed E-state index contributed by atoms with van der Waals surface area (Å²) in [4.78, 5) is 0. The SMILES string of the molecule is CCCCOc1ccccc1N=Nc1ccccc1. The second-order valence-electron chi connectivity index (χ2n) is 4.21. The summed E-state index contributed by atoms with van der Waals surface area (Å²) >= 11 is 0. The summed E-state index contributed by atoms with van der Waals surface area (Å²) in [5.74, 6) is 0.788. The summed E-state index contributed by atoms with van der Waals surface area (Å²) in [6.45, 7) is 2.86. The molecule has 0 saturated heterocycles. The minimum absolute atomic E-state index is 0.717. The molecule has 0 radical (unpaired) electrons. The third kappa shape index (κ3) is 4.21. The zero-order valence-corrected chi connectivity index (χ0v) is 11.1. The third-order valence-corrected chi connectivity index (χ3v) is 2.65. The van der Waals surface area contributed by atoms with Gasteiger partial charge >= 0.3 is 0 Å². The van der Waals surface area contributed by atoms with Crippen molar-refractivity contribution < 1.29 is 4.74 Å². The fourth-order valence-corrected chi connectivity index (χ4v) is 1.59. The van der Waals surface area contributed by atoms with E-state index in [0.29, 0.717) is 6.61 Å². The van der Waals surface area contributed by atoms with Gasteiger partial charge in [0.25, 0.3) is 0 Å². The van der Waals surface area contributed by atoms with Gasteiger partial charge in [0, 0.05) is 0 Å². The normalized spacial score (nSPS) is 10.8. The molecule has 0 aliphatic rings. The van der Waals surface area contributed by atoms with Gasteiger partial charge in [-0.3, -0.25) is 0 Å². The van der Waals surface area contributed by atoms with Gasteiger partial charge in [-0.25, -0.2) is 0 Å². The highest BCUT2D eigenvalue weighted by Crippen LogP contribution is 2.28. The van der Waals surface area contributed by atoms with Crippen LogP contribution in [0.15, 0.2) is 64.8 Å². The molecule has 3 nitrogen and oxygen atoms in total. The first-order chi connectivity index (χ1) is 9.40. The summed E-state index contributed by atoms with van der Waals surface area (Å²) < 4.78 is 5.71. The Kier molecular flexibility index (Phi) is 5.11. The van der Waals surface area contributed by atoms with Crippen LogP contribution >= 0.6 is 0 Å². The van der Waals surface area contributed by atoms with E-state index in [-0.39, 0.29) is 0 Å². The molecule has 0 amide bonds. The number of hydrogen-bond acceptors (Lipinski definition) is 3. The first-order valence-electron chi connectivity index (χ1n) is 6.59. The van der Waals surface area contributed by atoms with E-state index in [0.717, 1.165) is 30.0 Å². The Hall–Kier alpha value is -2.16. The highest BCUT2D eigenvalue weighted by atomic mass is 16.5. The van der Waals surface area contributed by atoms with Gasteiger partial charge in [0.2, 0.25) is 0 Å². The minimum atomic E-state index is 0.717. The topological polar surface area (TPSA) is 34.0 Å². The second kappa shape index (κ2) is 7.31. The van der Waals surface area contributed by atoms with Crippen molar-refractivity contribution in [1.82, 2.24) is 0 Å². The molecule has 0 aromatic heterocycles. The van der Waals surface area contributed by atoms with E-state index in [4.69, 9.17) is 4.74 Å². The summed E-state index contributed by atoms with van der Waals surface area (Å²) in [6, 6.07) is 17.4. The maximum atomic E-state index is 5.71. The molecule has 0 unspecified atom stereocenters.